The Morgan fingerprint density at radius 1 is 1.21 bits per heavy atom. The standard InChI is InChI=1S/C18H22N2O4/c1-11-14(19-16(23-11)13-9-7-6-8-10-13)17(22)24-12(2)15(21)20-18(3,4)5/h6-10,12H,1-5H3,(H,20,21)/t12-/m0/s1. The number of rotatable bonds is 4. The van der Waals surface area contributed by atoms with Crippen molar-refractivity contribution >= 4 is 11.9 Å². The number of nitrogens with zero attached hydrogens (tertiary/aromatic N) is 1. The molecule has 0 unspecified atom stereocenters. The van der Waals surface area contributed by atoms with Crippen LogP contribution in [0.3, 0.4) is 0 Å². The van der Waals surface area contributed by atoms with Gasteiger partial charge in [-0.1, -0.05) is 18.2 Å². The minimum Gasteiger partial charge on any atom is -0.448 e. The van der Waals surface area contributed by atoms with Gasteiger partial charge < -0.3 is 14.5 Å². The largest absolute Gasteiger partial charge is 0.448 e. The number of ether oxygens (including phenoxy) is 1. The second kappa shape index (κ2) is 6.86. The highest BCUT2D eigenvalue weighted by Crippen LogP contribution is 2.22. The van der Waals surface area contributed by atoms with Gasteiger partial charge in [0.15, 0.2) is 11.8 Å². The normalized spacial score (nSPS) is 12.5. The van der Waals surface area contributed by atoms with Crippen molar-refractivity contribution < 1.29 is 18.7 Å². The number of carbonyl (C=O) groups is 2. The van der Waals surface area contributed by atoms with E-state index in [1.54, 1.807) is 6.92 Å². The van der Waals surface area contributed by atoms with Gasteiger partial charge in [-0.2, -0.15) is 0 Å². The van der Waals surface area contributed by atoms with Gasteiger partial charge in [0, 0.05) is 11.1 Å². The number of nitrogens with one attached hydrogen (secondary N) is 1. The van der Waals surface area contributed by atoms with Gasteiger partial charge in [-0.05, 0) is 46.8 Å². The summed E-state index contributed by atoms with van der Waals surface area (Å²) in [5, 5.41) is 2.76. The summed E-state index contributed by atoms with van der Waals surface area (Å²) < 4.78 is 10.7. The van der Waals surface area contributed by atoms with E-state index in [1.807, 2.05) is 51.1 Å². The zero-order valence-corrected chi connectivity index (χ0v) is 14.5. The highest BCUT2D eigenvalue weighted by atomic mass is 16.5. The van der Waals surface area contributed by atoms with Crippen LogP contribution in [0, 0.1) is 6.92 Å². The molecule has 0 radical (unpaired) electrons. The number of hydrogen-bond acceptors (Lipinski definition) is 5. The Labute approximate surface area is 141 Å². The SMILES string of the molecule is Cc1oc(-c2ccccc2)nc1C(=O)O[C@@H](C)C(=O)NC(C)(C)C. The molecule has 0 fully saturated rings. The fourth-order valence-electron chi connectivity index (χ4n) is 2.03. The smallest absolute Gasteiger partial charge is 0.361 e. The van der Waals surface area contributed by atoms with E-state index in [0.717, 1.165) is 5.56 Å². The predicted octanol–water partition coefficient (Wildman–Crippen LogP) is 3.11. The maximum Gasteiger partial charge on any atom is 0.361 e. The number of benzene rings is 1. The summed E-state index contributed by atoms with van der Waals surface area (Å²) in [6.07, 6.45) is -0.923. The lowest BCUT2D eigenvalue weighted by molar-refractivity contribution is -0.130. The van der Waals surface area contributed by atoms with E-state index in [2.05, 4.69) is 10.3 Å². The Morgan fingerprint density at radius 3 is 2.42 bits per heavy atom. The quantitative estimate of drug-likeness (QED) is 0.871. The molecular formula is C18H22N2O4. The highest BCUT2D eigenvalue weighted by Gasteiger charge is 2.26. The molecule has 1 atom stereocenters. The van der Waals surface area contributed by atoms with Crippen molar-refractivity contribution in [3.63, 3.8) is 0 Å². The molecule has 1 amide bonds. The predicted molar refractivity (Wildman–Crippen MR) is 89.4 cm³/mol. The van der Waals surface area contributed by atoms with Gasteiger partial charge >= 0.3 is 5.97 Å². The van der Waals surface area contributed by atoms with Gasteiger partial charge in [0.2, 0.25) is 5.89 Å². The molecule has 0 saturated carbocycles. The van der Waals surface area contributed by atoms with Crippen LogP contribution >= 0.6 is 0 Å². The van der Waals surface area contributed by atoms with E-state index in [-0.39, 0.29) is 11.6 Å². The first kappa shape index (κ1) is 17.7. The van der Waals surface area contributed by atoms with Crippen molar-refractivity contribution in [2.24, 2.45) is 0 Å². The van der Waals surface area contributed by atoms with Crippen molar-refractivity contribution in [1.82, 2.24) is 10.3 Å². The molecule has 128 valence electrons. The molecule has 0 aliphatic heterocycles. The maximum absolute atomic E-state index is 12.3. The third-order valence-electron chi connectivity index (χ3n) is 3.16. The Balaban J connectivity index is 2.10. The van der Waals surface area contributed by atoms with Crippen molar-refractivity contribution in [3.05, 3.63) is 41.8 Å². The molecule has 2 rings (SSSR count). The third-order valence-corrected chi connectivity index (χ3v) is 3.16. The topological polar surface area (TPSA) is 81.4 Å². The molecule has 0 aliphatic rings. The van der Waals surface area contributed by atoms with Gasteiger partial charge in [-0.25, -0.2) is 9.78 Å². The molecule has 0 spiro atoms. The number of amides is 1. The summed E-state index contributed by atoms with van der Waals surface area (Å²) >= 11 is 0. The summed E-state index contributed by atoms with van der Waals surface area (Å²) in [5.74, 6) is -0.357. The van der Waals surface area contributed by atoms with E-state index >= 15 is 0 Å². The van der Waals surface area contributed by atoms with E-state index in [0.29, 0.717) is 11.7 Å². The van der Waals surface area contributed by atoms with Gasteiger partial charge in [-0.3, -0.25) is 4.79 Å². The molecule has 0 aliphatic carbocycles. The molecule has 6 heteroatoms. The summed E-state index contributed by atoms with van der Waals surface area (Å²) in [5.41, 5.74) is 0.435. The van der Waals surface area contributed by atoms with Crippen LogP contribution in [0.4, 0.5) is 0 Å². The lowest BCUT2D eigenvalue weighted by Gasteiger charge is -2.23. The molecule has 0 bridgehead atoms. The fraction of sp³-hybridized carbons (Fsp3) is 0.389. The van der Waals surface area contributed by atoms with Crippen molar-refractivity contribution in [1.29, 1.82) is 0 Å². The molecule has 2 aromatic rings. The number of aromatic nitrogens is 1. The molecule has 6 nitrogen and oxygen atoms in total. The van der Waals surface area contributed by atoms with Crippen LogP contribution in [-0.2, 0) is 9.53 Å². The molecular weight excluding hydrogens is 308 g/mol. The molecule has 1 heterocycles. The first-order valence-electron chi connectivity index (χ1n) is 7.73. The second-order valence-electron chi connectivity index (χ2n) is 6.58. The van der Waals surface area contributed by atoms with Gasteiger partial charge in [-0.15, -0.1) is 0 Å². The number of oxazole rings is 1. The molecule has 24 heavy (non-hydrogen) atoms. The molecule has 1 N–H and O–H groups in total. The lowest BCUT2D eigenvalue weighted by Crippen LogP contribution is -2.46. The summed E-state index contributed by atoms with van der Waals surface area (Å²) in [7, 11) is 0. The van der Waals surface area contributed by atoms with Gasteiger partial charge in [0.1, 0.15) is 5.76 Å². The minimum absolute atomic E-state index is 0.0734. The van der Waals surface area contributed by atoms with Crippen molar-refractivity contribution in [2.45, 2.75) is 46.3 Å². The number of hydrogen-bond donors (Lipinski definition) is 1. The summed E-state index contributed by atoms with van der Waals surface area (Å²) in [4.78, 5) is 28.5. The monoisotopic (exact) mass is 330 g/mol. The lowest BCUT2D eigenvalue weighted by atomic mass is 10.1. The van der Waals surface area contributed by atoms with Crippen LogP contribution in [0.1, 0.15) is 43.9 Å². The number of carbonyl (C=O) groups excluding carboxylic acids is 2. The van der Waals surface area contributed by atoms with Crippen molar-refractivity contribution in [2.75, 3.05) is 0 Å². The second-order valence-corrected chi connectivity index (χ2v) is 6.58. The van der Waals surface area contributed by atoms with Crippen LogP contribution in [0.15, 0.2) is 34.7 Å². The minimum atomic E-state index is -0.923. The van der Waals surface area contributed by atoms with Crippen LogP contribution in [0.25, 0.3) is 11.5 Å². The highest BCUT2D eigenvalue weighted by molar-refractivity contribution is 5.92. The van der Waals surface area contributed by atoms with E-state index in [4.69, 9.17) is 9.15 Å². The average Bonchev–Trinajstić information content (AvgIpc) is 2.88. The van der Waals surface area contributed by atoms with Crippen LogP contribution in [0.2, 0.25) is 0 Å². The molecule has 1 aromatic carbocycles. The molecule has 0 saturated heterocycles. The van der Waals surface area contributed by atoms with Gasteiger partial charge in [0.25, 0.3) is 5.91 Å². The zero-order valence-electron chi connectivity index (χ0n) is 14.5. The Morgan fingerprint density at radius 2 is 1.83 bits per heavy atom. The molecule has 1 aromatic heterocycles. The summed E-state index contributed by atoms with van der Waals surface area (Å²) in [6.45, 7) is 8.72. The van der Waals surface area contributed by atoms with Crippen LogP contribution in [0.5, 0.6) is 0 Å². The van der Waals surface area contributed by atoms with Crippen LogP contribution < -0.4 is 5.32 Å². The Hall–Kier alpha value is -2.63. The van der Waals surface area contributed by atoms with E-state index in [9.17, 15) is 9.59 Å². The Bertz CT molecular complexity index is 729. The summed E-state index contributed by atoms with van der Waals surface area (Å²) in [6, 6.07) is 9.25. The number of aryl methyl sites for hydroxylation is 1. The number of esters is 1. The Kier molecular flexibility index (Phi) is 5.07. The van der Waals surface area contributed by atoms with E-state index < -0.39 is 17.6 Å². The third kappa shape index (κ3) is 4.44. The fourth-order valence-corrected chi connectivity index (χ4v) is 2.03. The van der Waals surface area contributed by atoms with E-state index in [1.165, 1.54) is 6.92 Å². The first-order chi connectivity index (χ1) is 11.2. The van der Waals surface area contributed by atoms with Crippen molar-refractivity contribution in [3.8, 4) is 11.5 Å². The average molecular weight is 330 g/mol. The zero-order chi connectivity index (χ0) is 17.9. The van der Waals surface area contributed by atoms with Crippen LogP contribution in [-0.4, -0.2) is 28.5 Å². The first-order valence-corrected chi connectivity index (χ1v) is 7.73. The maximum atomic E-state index is 12.3. The van der Waals surface area contributed by atoms with Gasteiger partial charge in [0.05, 0.1) is 0 Å².